The molecule has 0 aliphatic carbocycles. The van der Waals surface area contributed by atoms with E-state index in [1.165, 1.54) is 36.0 Å². The van der Waals surface area contributed by atoms with Crippen LogP contribution >= 0.6 is 0 Å². The van der Waals surface area contributed by atoms with E-state index >= 15 is 0 Å². The SMILES string of the molecule is CC(CCCCc1ccc(-c2ccc(OC3CCCCO3)cc2)cc1)O[Si](C)(C)C. The van der Waals surface area contributed by atoms with E-state index in [0.717, 1.165) is 38.0 Å². The Morgan fingerprint density at radius 2 is 1.60 bits per heavy atom. The zero-order valence-corrected chi connectivity index (χ0v) is 20.2. The molecular weight excluding hydrogens is 388 g/mol. The molecule has 3 nitrogen and oxygen atoms in total. The molecule has 1 fully saturated rings. The van der Waals surface area contributed by atoms with Crippen LogP contribution in [0.2, 0.25) is 19.6 Å². The van der Waals surface area contributed by atoms with Gasteiger partial charge in [-0.1, -0.05) is 42.8 Å². The highest BCUT2D eigenvalue weighted by atomic mass is 28.4. The van der Waals surface area contributed by atoms with E-state index in [-0.39, 0.29) is 6.29 Å². The Kier molecular flexibility index (Phi) is 8.55. The topological polar surface area (TPSA) is 27.7 Å². The fraction of sp³-hybridized carbons (Fsp3) is 0.538. The van der Waals surface area contributed by atoms with Crippen molar-refractivity contribution in [1.29, 1.82) is 0 Å². The van der Waals surface area contributed by atoms with Crippen molar-refractivity contribution >= 4 is 8.32 Å². The summed E-state index contributed by atoms with van der Waals surface area (Å²) in [7, 11) is -1.41. The summed E-state index contributed by atoms with van der Waals surface area (Å²) in [6, 6.07) is 17.3. The summed E-state index contributed by atoms with van der Waals surface area (Å²) in [4.78, 5) is 0. The average Bonchev–Trinajstić information content (AvgIpc) is 2.72. The third-order valence-corrected chi connectivity index (χ3v) is 6.54. The Hall–Kier alpha value is -1.62. The van der Waals surface area contributed by atoms with E-state index in [0.29, 0.717) is 6.10 Å². The van der Waals surface area contributed by atoms with Crippen LogP contribution in [0.25, 0.3) is 11.1 Å². The minimum atomic E-state index is -1.41. The van der Waals surface area contributed by atoms with Crippen LogP contribution < -0.4 is 4.74 Å². The predicted molar refractivity (Wildman–Crippen MR) is 128 cm³/mol. The van der Waals surface area contributed by atoms with Crippen molar-refractivity contribution in [1.82, 2.24) is 0 Å². The minimum Gasteiger partial charge on any atom is -0.465 e. The third-order valence-electron chi connectivity index (χ3n) is 5.43. The molecule has 2 aromatic carbocycles. The Balaban J connectivity index is 1.43. The maximum atomic E-state index is 6.13. The number of ether oxygens (including phenoxy) is 2. The van der Waals surface area contributed by atoms with Crippen molar-refractivity contribution < 1.29 is 13.9 Å². The molecule has 0 amide bonds. The van der Waals surface area contributed by atoms with Crippen molar-refractivity contribution in [2.24, 2.45) is 0 Å². The summed E-state index contributed by atoms with van der Waals surface area (Å²) in [6.45, 7) is 9.80. The van der Waals surface area contributed by atoms with Crippen molar-refractivity contribution in [3.8, 4) is 16.9 Å². The standard InChI is InChI=1S/C26H38O3Si/c1-21(29-30(2,3)4)9-5-6-10-22-12-14-23(15-13-22)24-16-18-25(19-17-24)28-26-11-7-8-20-27-26/h12-19,21,26H,5-11,20H2,1-4H3. The molecule has 2 aromatic rings. The van der Waals surface area contributed by atoms with Crippen LogP contribution in [-0.2, 0) is 15.6 Å². The van der Waals surface area contributed by atoms with Crippen molar-refractivity contribution in [2.45, 2.75) is 83.9 Å². The molecular formula is C26H38O3Si. The number of hydrogen-bond acceptors (Lipinski definition) is 3. The number of benzene rings is 2. The van der Waals surface area contributed by atoms with Crippen LogP contribution in [0.15, 0.2) is 48.5 Å². The molecule has 0 saturated carbocycles. The first kappa shape index (κ1) is 23.0. The highest BCUT2D eigenvalue weighted by molar-refractivity contribution is 6.69. The largest absolute Gasteiger partial charge is 0.465 e. The highest BCUT2D eigenvalue weighted by Gasteiger charge is 2.17. The lowest BCUT2D eigenvalue weighted by Crippen LogP contribution is -2.30. The van der Waals surface area contributed by atoms with Gasteiger partial charge in [0, 0.05) is 12.5 Å². The van der Waals surface area contributed by atoms with Gasteiger partial charge in [-0.15, -0.1) is 0 Å². The fourth-order valence-corrected chi connectivity index (χ4v) is 5.29. The molecule has 0 bridgehead atoms. The molecule has 1 aliphatic heterocycles. The first-order valence-electron chi connectivity index (χ1n) is 11.5. The molecule has 2 atom stereocenters. The normalized spacial score (nSPS) is 18.2. The summed E-state index contributed by atoms with van der Waals surface area (Å²) in [5.41, 5.74) is 3.87. The van der Waals surface area contributed by atoms with Gasteiger partial charge < -0.3 is 13.9 Å². The number of hydrogen-bond donors (Lipinski definition) is 0. The molecule has 0 spiro atoms. The van der Waals surface area contributed by atoms with E-state index in [1.807, 2.05) is 12.1 Å². The van der Waals surface area contributed by atoms with Gasteiger partial charge >= 0.3 is 0 Å². The van der Waals surface area contributed by atoms with Crippen LogP contribution in [-0.4, -0.2) is 27.3 Å². The zero-order chi connectivity index (χ0) is 21.4. The van der Waals surface area contributed by atoms with E-state index in [1.54, 1.807) is 0 Å². The van der Waals surface area contributed by atoms with Crippen LogP contribution in [0, 0.1) is 0 Å². The van der Waals surface area contributed by atoms with Gasteiger partial charge in [-0.25, -0.2) is 0 Å². The molecule has 1 aliphatic rings. The van der Waals surface area contributed by atoms with Crippen molar-refractivity contribution in [3.05, 3.63) is 54.1 Å². The maximum absolute atomic E-state index is 6.13. The van der Waals surface area contributed by atoms with E-state index < -0.39 is 8.32 Å². The van der Waals surface area contributed by atoms with Crippen molar-refractivity contribution in [3.63, 3.8) is 0 Å². The summed E-state index contributed by atoms with van der Waals surface area (Å²) >= 11 is 0. The molecule has 2 unspecified atom stereocenters. The second-order valence-electron chi connectivity index (χ2n) is 9.42. The van der Waals surface area contributed by atoms with Gasteiger partial charge in [0.25, 0.3) is 0 Å². The summed E-state index contributed by atoms with van der Waals surface area (Å²) in [5, 5.41) is 0. The average molecular weight is 427 g/mol. The molecule has 0 aromatic heterocycles. The first-order valence-corrected chi connectivity index (χ1v) is 15.0. The van der Waals surface area contributed by atoms with Gasteiger partial charge in [0.05, 0.1) is 6.61 Å². The Morgan fingerprint density at radius 3 is 2.20 bits per heavy atom. The lowest BCUT2D eigenvalue weighted by molar-refractivity contribution is -0.105. The van der Waals surface area contributed by atoms with Crippen LogP contribution in [0.3, 0.4) is 0 Å². The third kappa shape index (κ3) is 7.90. The Labute approximate surface area is 183 Å². The Bertz CT molecular complexity index is 743. The predicted octanol–water partition coefficient (Wildman–Crippen LogP) is 7.21. The summed E-state index contributed by atoms with van der Waals surface area (Å²) < 4.78 is 17.7. The molecule has 0 N–H and O–H groups in total. The quantitative estimate of drug-likeness (QED) is 0.297. The molecule has 1 saturated heterocycles. The molecule has 1 heterocycles. The van der Waals surface area contributed by atoms with Crippen LogP contribution in [0.1, 0.15) is 51.0 Å². The van der Waals surface area contributed by atoms with Gasteiger partial charge in [-0.3, -0.25) is 0 Å². The fourth-order valence-electron chi connectivity index (χ4n) is 3.97. The van der Waals surface area contributed by atoms with Crippen molar-refractivity contribution in [2.75, 3.05) is 6.61 Å². The summed E-state index contributed by atoms with van der Waals surface area (Å²) in [5.74, 6) is 0.884. The van der Waals surface area contributed by atoms with Gasteiger partial charge in [-0.2, -0.15) is 0 Å². The first-order chi connectivity index (χ1) is 14.4. The highest BCUT2D eigenvalue weighted by Crippen LogP contribution is 2.25. The zero-order valence-electron chi connectivity index (χ0n) is 19.2. The van der Waals surface area contributed by atoms with Gasteiger partial charge in [0.15, 0.2) is 14.6 Å². The Morgan fingerprint density at radius 1 is 0.933 bits per heavy atom. The van der Waals surface area contributed by atoms with Gasteiger partial charge in [0.2, 0.25) is 0 Å². The lowest BCUT2D eigenvalue weighted by atomic mass is 10.0. The molecule has 4 heteroatoms. The van der Waals surface area contributed by atoms with E-state index in [4.69, 9.17) is 13.9 Å². The van der Waals surface area contributed by atoms with E-state index in [2.05, 4.69) is 63.0 Å². The molecule has 3 rings (SSSR count). The maximum Gasteiger partial charge on any atom is 0.199 e. The monoisotopic (exact) mass is 426 g/mol. The molecule has 30 heavy (non-hydrogen) atoms. The number of rotatable bonds is 10. The second-order valence-corrected chi connectivity index (χ2v) is 13.9. The second kappa shape index (κ2) is 11.1. The van der Waals surface area contributed by atoms with Gasteiger partial charge in [-0.05, 0) is 87.5 Å². The number of aryl methyl sites for hydroxylation is 1. The number of unbranched alkanes of at least 4 members (excludes halogenated alkanes) is 1. The minimum absolute atomic E-state index is 0.0889. The van der Waals surface area contributed by atoms with Crippen LogP contribution in [0.4, 0.5) is 0 Å². The van der Waals surface area contributed by atoms with Gasteiger partial charge in [0.1, 0.15) is 5.75 Å². The summed E-state index contributed by atoms with van der Waals surface area (Å²) in [6.07, 6.45) is 8.32. The van der Waals surface area contributed by atoms with Crippen LogP contribution in [0.5, 0.6) is 5.75 Å². The lowest BCUT2D eigenvalue weighted by Gasteiger charge is -2.23. The molecule has 0 radical (unpaired) electrons. The smallest absolute Gasteiger partial charge is 0.199 e. The van der Waals surface area contributed by atoms with E-state index in [9.17, 15) is 0 Å². The molecule has 164 valence electrons.